The van der Waals surface area contributed by atoms with Gasteiger partial charge in [-0.25, -0.2) is 0 Å². The van der Waals surface area contributed by atoms with Gasteiger partial charge in [0.2, 0.25) is 0 Å². The first-order chi connectivity index (χ1) is 6.75. The van der Waals surface area contributed by atoms with Crippen LogP contribution in [0.2, 0.25) is 0 Å². The van der Waals surface area contributed by atoms with Gasteiger partial charge in [-0.2, -0.15) is 0 Å². The molecule has 1 aliphatic heterocycles. The van der Waals surface area contributed by atoms with Crippen molar-refractivity contribution in [2.24, 2.45) is 10.9 Å². The third kappa shape index (κ3) is 2.96. The highest BCUT2D eigenvalue weighted by molar-refractivity contribution is 5.81. The summed E-state index contributed by atoms with van der Waals surface area (Å²) in [4.78, 5) is 14.8. The first-order valence-corrected chi connectivity index (χ1v) is 4.92. The lowest BCUT2D eigenvalue weighted by molar-refractivity contribution is -0.140. The minimum Gasteiger partial charge on any atom is -0.481 e. The van der Waals surface area contributed by atoms with Crippen molar-refractivity contribution in [1.29, 1.82) is 0 Å². The highest BCUT2D eigenvalue weighted by atomic mass is 16.4. The largest absolute Gasteiger partial charge is 0.481 e. The summed E-state index contributed by atoms with van der Waals surface area (Å²) >= 11 is 0. The van der Waals surface area contributed by atoms with Gasteiger partial charge < -0.3 is 10.4 Å². The molecular weight excluding hydrogens is 180 g/mol. The molecule has 14 heavy (non-hydrogen) atoms. The minimum absolute atomic E-state index is 0.163. The zero-order chi connectivity index (χ0) is 10.4. The van der Waals surface area contributed by atoms with Gasteiger partial charge in [0.25, 0.3) is 0 Å². The normalized spacial score (nSPS) is 25.2. The summed E-state index contributed by atoms with van der Waals surface area (Å²) < 4.78 is 0. The molecule has 78 valence electrons. The Morgan fingerprint density at radius 2 is 2.43 bits per heavy atom. The number of hydrogen-bond acceptors (Lipinski definition) is 3. The predicted molar refractivity (Wildman–Crippen MR) is 55.5 cm³/mol. The molecule has 0 amide bonds. The Kier molecular flexibility index (Phi) is 4.32. The number of carboxylic acid groups (broad SMARTS) is 1. The summed E-state index contributed by atoms with van der Waals surface area (Å²) in [7, 11) is 0. The first kappa shape index (κ1) is 10.9. The number of nitrogens with zero attached hydrogens (tertiary/aromatic N) is 1. The lowest BCUT2D eigenvalue weighted by Gasteiger charge is -2.20. The van der Waals surface area contributed by atoms with Gasteiger partial charge in [0.15, 0.2) is 0 Å². The van der Waals surface area contributed by atoms with Crippen molar-refractivity contribution >= 4 is 12.2 Å². The van der Waals surface area contributed by atoms with E-state index < -0.39 is 11.9 Å². The van der Waals surface area contributed by atoms with Gasteiger partial charge in [0, 0.05) is 12.4 Å². The Morgan fingerprint density at radius 1 is 1.64 bits per heavy atom. The van der Waals surface area contributed by atoms with Crippen LogP contribution in [0.1, 0.15) is 19.8 Å². The fourth-order valence-corrected chi connectivity index (χ4v) is 1.36. The molecule has 0 aromatic rings. The minimum atomic E-state index is -0.804. The molecule has 0 aromatic carbocycles. The average molecular weight is 196 g/mol. The highest BCUT2D eigenvalue weighted by Crippen LogP contribution is 2.09. The second-order valence-electron chi connectivity index (χ2n) is 3.34. The van der Waals surface area contributed by atoms with Gasteiger partial charge in [-0.05, 0) is 13.0 Å². The quantitative estimate of drug-likeness (QED) is 0.646. The van der Waals surface area contributed by atoms with E-state index in [2.05, 4.69) is 17.2 Å². The van der Waals surface area contributed by atoms with Crippen molar-refractivity contribution in [3.63, 3.8) is 0 Å². The SMILES string of the molecule is CCCCNC1C=NC=CC1C(=O)O. The van der Waals surface area contributed by atoms with Gasteiger partial charge in [-0.3, -0.25) is 9.79 Å². The van der Waals surface area contributed by atoms with Gasteiger partial charge in [0.05, 0.1) is 12.0 Å². The fourth-order valence-electron chi connectivity index (χ4n) is 1.36. The molecule has 0 radical (unpaired) electrons. The van der Waals surface area contributed by atoms with E-state index >= 15 is 0 Å². The Bertz CT molecular complexity index is 249. The van der Waals surface area contributed by atoms with Gasteiger partial charge in [-0.1, -0.05) is 19.4 Å². The van der Waals surface area contributed by atoms with E-state index in [4.69, 9.17) is 5.11 Å². The summed E-state index contributed by atoms with van der Waals surface area (Å²) in [6.45, 7) is 2.94. The summed E-state index contributed by atoms with van der Waals surface area (Å²) in [5.41, 5.74) is 0. The molecular formula is C10H16N2O2. The first-order valence-electron chi connectivity index (χ1n) is 4.92. The van der Waals surface area contributed by atoms with Crippen molar-refractivity contribution in [3.05, 3.63) is 12.3 Å². The molecule has 4 heteroatoms. The highest BCUT2D eigenvalue weighted by Gasteiger charge is 2.25. The summed E-state index contributed by atoms with van der Waals surface area (Å²) in [5, 5.41) is 12.1. The topological polar surface area (TPSA) is 61.7 Å². The van der Waals surface area contributed by atoms with Crippen LogP contribution >= 0.6 is 0 Å². The number of unbranched alkanes of at least 4 members (excludes halogenated alkanes) is 1. The standard InChI is InChI=1S/C10H16N2O2/c1-2-3-5-12-9-7-11-6-4-8(9)10(13)14/h4,6-9,12H,2-3,5H2,1H3,(H,13,14). The molecule has 2 unspecified atom stereocenters. The lowest BCUT2D eigenvalue weighted by Crippen LogP contribution is -2.41. The summed E-state index contributed by atoms with van der Waals surface area (Å²) in [6, 6.07) is -0.163. The fraction of sp³-hybridized carbons (Fsp3) is 0.600. The van der Waals surface area contributed by atoms with Crippen LogP contribution < -0.4 is 5.32 Å². The van der Waals surface area contributed by atoms with E-state index in [1.54, 1.807) is 12.3 Å². The van der Waals surface area contributed by atoms with Crippen LogP contribution in [-0.2, 0) is 4.79 Å². The van der Waals surface area contributed by atoms with E-state index in [-0.39, 0.29) is 6.04 Å². The number of nitrogens with one attached hydrogen (secondary N) is 1. The number of hydrogen-bond donors (Lipinski definition) is 2. The Labute approximate surface area is 83.7 Å². The third-order valence-corrected chi connectivity index (χ3v) is 2.21. The van der Waals surface area contributed by atoms with E-state index in [0.29, 0.717) is 0 Å². The second kappa shape index (κ2) is 5.54. The molecule has 0 bridgehead atoms. The van der Waals surface area contributed by atoms with E-state index in [0.717, 1.165) is 19.4 Å². The van der Waals surface area contributed by atoms with E-state index in [1.807, 2.05) is 0 Å². The number of aliphatic imine (C=N–C) groups is 1. The van der Waals surface area contributed by atoms with E-state index in [9.17, 15) is 4.79 Å². The van der Waals surface area contributed by atoms with Crippen LogP contribution in [0.15, 0.2) is 17.3 Å². The second-order valence-corrected chi connectivity index (χ2v) is 3.34. The lowest BCUT2D eigenvalue weighted by atomic mass is 9.99. The molecule has 1 rings (SSSR count). The van der Waals surface area contributed by atoms with Crippen LogP contribution in [-0.4, -0.2) is 29.9 Å². The number of aliphatic carboxylic acids is 1. The summed E-state index contributed by atoms with van der Waals surface area (Å²) in [6.07, 6.45) is 6.97. The van der Waals surface area contributed by atoms with Crippen LogP contribution in [0.3, 0.4) is 0 Å². The van der Waals surface area contributed by atoms with Crippen LogP contribution in [0, 0.1) is 5.92 Å². The molecule has 0 spiro atoms. The summed E-state index contributed by atoms with van der Waals surface area (Å²) in [5.74, 6) is -1.29. The van der Waals surface area contributed by atoms with Crippen molar-refractivity contribution in [2.45, 2.75) is 25.8 Å². The molecule has 2 N–H and O–H groups in total. The zero-order valence-electron chi connectivity index (χ0n) is 8.31. The van der Waals surface area contributed by atoms with Crippen LogP contribution in [0.4, 0.5) is 0 Å². The maximum Gasteiger partial charge on any atom is 0.312 e. The number of rotatable bonds is 5. The average Bonchev–Trinajstić information content (AvgIpc) is 2.19. The zero-order valence-corrected chi connectivity index (χ0v) is 8.31. The maximum atomic E-state index is 10.8. The number of carboxylic acids is 1. The molecule has 0 fully saturated rings. The molecule has 0 saturated carbocycles. The van der Waals surface area contributed by atoms with E-state index in [1.165, 1.54) is 6.20 Å². The third-order valence-electron chi connectivity index (χ3n) is 2.21. The number of carbonyl (C=O) groups is 1. The van der Waals surface area contributed by atoms with Crippen molar-refractivity contribution in [2.75, 3.05) is 6.54 Å². The smallest absolute Gasteiger partial charge is 0.312 e. The van der Waals surface area contributed by atoms with Crippen LogP contribution in [0.25, 0.3) is 0 Å². The molecule has 0 aliphatic carbocycles. The molecule has 1 aliphatic rings. The Balaban J connectivity index is 2.44. The van der Waals surface area contributed by atoms with Crippen molar-refractivity contribution < 1.29 is 9.90 Å². The predicted octanol–water partition coefficient (Wildman–Crippen LogP) is 1.04. The molecule has 4 nitrogen and oxygen atoms in total. The monoisotopic (exact) mass is 196 g/mol. The Hall–Kier alpha value is -1.16. The molecule has 0 aromatic heterocycles. The van der Waals surface area contributed by atoms with Crippen LogP contribution in [0.5, 0.6) is 0 Å². The van der Waals surface area contributed by atoms with Gasteiger partial charge in [0.1, 0.15) is 0 Å². The van der Waals surface area contributed by atoms with Gasteiger partial charge in [-0.15, -0.1) is 0 Å². The molecule has 1 heterocycles. The molecule has 0 saturated heterocycles. The van der Waals surface area contributed by atoms with Gasteiger partial charge >= 0.3 is 5.97 Å². The molecule has 2 atom stereocenters. The van der Waals surface area contributed by atoms with Crippen molar-refractivity contribution in [3.8, 4) is 0 Å². The Morgan fingerprint density at radius 3 is 3.07 bits per heavy atom. The van der Waals surface area contributed by atoms with Crippen molar-refractivity contribution in [1.82, 2.24) is 5.32 Å². The maximum absolute atomic E-state index is 10.8.